The van der Waals surface area contributed by atoms with Crippen molar-refractivity contribution in [1.29, 1.82) is 5.41 Å². The Morgan fingerprint density at radius 3 is 2.40 bits per heavy atom. The van der Waals surface area contributed by atoms with E-state index in [4.69, 9.17) is 11.1 Å². The van der Waals surface area contributed by atoms with Gasteiger partial charge < -0.3 is 15.5 Å². The number of benzene rings is 3. The maximum atomic E-state index is 13.8. The zero-order valence-corrected chi connectivity index (χ0v) is 20.6. The highest BCUT2D eigenvalue weighted by atomic mass is 16.2. The van der Waals surface area contributed by atoms with E-state index in [1.807, 2.05) is 47.4 Å². The average Bonchev–Trinajstić information content (AvgIpc) is 2.86. The fraction of sp³-hybridized carbons (Fsp3) is 0.333. The molecule has 5 rings (SSSR count). The number of rotatable bonds is 5. The van der Waals surface area contributed by atoms with Gasteiger partial charge in [-0.15, -0.1) is 0 Å². The van der Waals surface area contributed by atoms with Crippen molar-refractivity contribution in [3.63, 3.8) is 0 Å². The highest BCUT2D eigenvalue weighted by Crippen LogP contribution is 2.37. The molecule has 0 bridgehead atoms. The van der Waals surface area contributed by atoms with E-state index in [1.54, 1.807) is 0 Å². The minimum Gasteiger partial charge on any atom is -0.384 e. The molecule has 0 spiro atoms. The number of nitrogens with zero attached hydrogens (tertiary/aromatic N) is 2. The normalized spacial score (nSPS) is 22.1. The second-order valence-corrected chi connectivity index (χ2v) is 10.1. The fourth-order valence-corrected chi connectivity index (χ4v) is 5.79. The molecule has 35 heavy (non-hydrogen) atoms. The summed E-state index contributed by atoms with van der Waals surface area (Å²) in [5, 5.41) is 7.80. The quantitative estimate of drug-likeness (QED) is 0.379. The zero-order chi connectivity index (χ0) is 24.5. The third-order valence-electron chi connectivity index (χ3n) is 7.64. The van der Waals surface area contributed by atoms with E-state index >= 15 is 0 Å². The van der Waals surface area contributed by atoms with E-state index in [-0.39, 0.29) is 17.7 Å². The molecule has 3 unspecified atom stereocenters. The van der Waals surface area contributed by atoms with Gasteiger partial charge in [-0.3, -0.25) is 10.2 Å². The number of nitrogens with two attached hydrogens (primary N) is 1. The number of hydrogen-bond acceptors (Lipinski definition) is 3. The zero-order valence-electron chi connectivity index (χ0n) is 20.6. The van der Waals surface area contributed by atoms with Gasteiger partial charge in [0.05, 0.1) is 12.5 Å². The third-order valence-corrected chi connectivity index (χ3v) is 7.64. The Balaban J connectivity index is 1.43. The molecule has 180 valence electrons. The van der Waals surface area contributed by atoms with Crippen LogP contribution in [0.25, 0.3) is 0 Å². The minimum atomic E-state index is -0.293. The van der Waals surface area contributed by atoms with Crippen molar-refractivity contribution in [1.82, 2.24) is 0 Å². The number of nitrogen functional groups attached to an aromatic ring is 1. The molecule has 0 aromatic heterocycles. The van der Waals surface area contributed by atoms with Gasteiger partial charge in [0.1, 0.15) is 5.84 Å². The number of nitrogens with one attached hydrogen (secondary N) is 1. The number of piperidine rings is 1. The van der Waals surface area contributed by atoms with Gasteiger partial charge in [0.25, 0.3) is 0 Å². The Hall–Kier alpha value is -3.60. The van der Waals surface area contributed by atoms with Crippen molar-refractivity contribution in [2.24, 2.45) is 5.73 Å². The maximum absolute atomic E-state index is 13.8. The summed E-state index contributed by atoms with van der Waals surface area (Å²) in [7, 11) is 0. The lowest BCUT2D eigenvalue weighted by Crippen LogP contribution is -2.43. The molecule has 2 heterocycles. The monoisotopic (exact) mass is 466 g/mol. The Morgan fingerprint density at radius 2 is 1.69 bits per heavy atom. The predicted molar refractivity (Wildman–Crippen MR) is 143 cm³/mol. The molecule has 1 amide bonds. The van der Waals surface area contributed by atoms with Gasteiger partial charge in [0.15, 0.2) is 0 Å². The van der Waals surface area contributed by atoms with Crippen LogP contribution in [0.3, 0.4) is 0 Å². The van der Waals surface area contributed by atoms with Gasteiger partial charge in [-0.25, -0.2) is 0 Å². The molecule has 5 nitrogen and oxygen atoms in total. The lowest BCUT2D eigenvalue weighted by Gasteiger charge is -2.41. The molecular weight excluding hydrogens is 432 g/mol. The maximum Gasteiger partial charge on any atom is 0.235 e. The summed E-state index contributed by atoms with van der Waals surface area (Å²) in [5.41, 5.74) is 11.8. The van der Waals surface area contributed by atoms with Crippen molar-refractivity contribution >= 4 is 23.1 Å². The van der Waals surface area contributed by atoms with Crippen molar-refractivity contribution < 1.29 is 4.79 Å². The van der Waals surface area contributed by atoms with Gasteiger partial charge in [-0.05, 0) is 80.5 Å². The molecule has 1 saturated heterocycles. The van der Waals surface area contributed by atoms with E-state index in [9.17, 15) is 4.79 Å². The molecule has 2 aliphatic rings. The Morgan fingerprint density at radius 1 is 0.971 bits per heavy atom. The number of amides is 1. The van der Waals surface area contributed by atoms with Crippen LogP contribution in [0.1, 0.15) is 61.3 Å². The summed E-state index contributed by atoms with van der Waals surface area (Å²) < 4.78 is 0. The molecule has 0 saturated carbocycles. The number of carbonyl (C=O) groups is 1. The fourth-order valence-electron chi connectivity index (χ4n) is 5.79. The molecular formula is C30H34N4O. The number of para-hydroxylation sites is 1. The number of amidine groups is 1. The van der Waals surface area contributed by atoms with Gasteiger partial charge in [-0.2, -0.15) is 0 Å². The van der Waals surface area contributed by atoms with Crippen LogP contribution in [0.5, 0.6) is 0 Å². The van der Waals surface area contributed by atoms with Crippen LogP contribution in [-0.2, 0) is 17.8 Å². The van der Waals surface area contributed by atoms with Crippen molar-refractivity contribution in [3.05, 3.63) is 95.1 Å². The summed E-state index contributed by atoms with van der Waals surface area (Å²) in [6.07, 6.45) is 4.41. The molecule has 3 aromatic rings. The van der Waals surface area contributed by atoms with Gasteiger partial charge >= 0.3 is 0 Å². The van der Waals surface area contributed by atoms with Crippen LogP contribution in [0, 0.1) is 5.41 Å². The highest BCUT2D eigenvalue weighted by molar-refractivity contribution is 6.01. The molecule has 2 aliphatic heterocycles. The van der Waals surface area contributed by atoms with E-state index in [0.717, 1.165) is 22.4 Å². The van der Waals surface area contributed by atoms with Gasteiger partial charge in [0.2, 0.25) is 5.91 Å². The van der Waals surface area contributed by atoms with Crippen molar-refractivity contribution in [2.45, 2.75) is 64.1 Å². The minimum absolute atomic E-state index is 0.0183. The third kappa shape index (κ3) is 4.55. The number of anilines is 2. The number of carbonyl (C=O) groups excluding carboxylic acids is 1. The first-order valence-electron chi connectivity index (χ1n) is 12.6. The lowest BCUT2D eigenvalue weighted by atomic mass is 9.85. The van der Waals surface area contributed by atoms with Crippen LogP contribution >= 0.6 is 0 Å². The largest absolute Gasteiger partial charge is 0.384 e. The van der Waals surface area contributed by atoms with Crippen LogP contribution in [0.15, 0.2) is 72.8 Å². The molecule has 3 N–H and O–H groups in total. The topological polar surface area (TPSA) is 73.4 Å². The second-order valence-electron chi connectivity index (χ2n) is 10.1. The Kier molecular flexibility index (Phi) is 6.33. The Labute approximate surface area is 208 Å². The summed E-state index contributed by atoms with van der Waals surface area (Å²) in [6.45, 7) is 5.16. The number of hydrogen-bond donors (Lipinski definition) is 2. The predicted octanol–water partition coefficient (Wildman–Crippen LogP) is 5.61. The van der Waals surface area contributed by atoms with E-state index in [1.165, 1.54) is 24.9 Å². The average molecular weight is 467 g/mol. The summed E-state index contributed by atoms with van der Waals surface area (Å²) in [6, 6.07) is 25.6. The van der Waals surface area contributed by atoms with Crippen LogP contribution in [-0.4, -0.2) is 23.8 Å². The van der Waals surface area contributed by atoms with Crippen molar-refractivity contribution in [3.8, 4) is 0 Å². The van der Waals surface area contributed by atoms with Crippen molar-refractivity contribution in [2.75, 3.05) is 9.80 Å². The molecule has 0 aliphatic carbocycles. The number of fused-ring (bicyclic) bond motifs is 1. The summed E-state index contributed by atoms with van der Waals surface area (Å²) in [4.78, 5) is 18.3. The van der Waals surface area contributed by atoms with E-state index in [0.29, 0.717) is 30.6 Å². The molecule has 3 aromatic carbocycles. The van der Waals surface area contributed by atoms with Gasteiger partial charge in [0, 0.05) is 29.0 Å². The first-order chi connectivity index (χ1) is 16.9. The van der Waals surface area contributed by atoms with Crippen LogP contribution in [0.2, 0.25) is 0 Å². The molecule has 5 heteroatoms. The van der Waals surface area contributed by atoms with Crippen LogP contribution in [0.4, 0.5) is 11.4 Å². The summed E-state index contributed by atoms with van der Waals surface area (Å²) >= 11 is 0. The summed E-state index contributed by atoms with van der Waals surface area (Å²) in [5.74, 6) is -0.185. The highest BCUT2D eigenvalue weighted by Gasteiger charge is 2.34. The first-order valence-corrected chi connectivity index (χ1v) is 12.6. The first kappa shape index (κ1) is 23.2. The smallest absolute Gasteiger partial charge is 0.235 e. The van der Waals surface area contributed by atoms with E-state index < -0.39 is 0 Å². The Bertz CT molecular complexity index is 1230. The standard InChI is InChI=1S/C30H34N4O/c1-20-7-5-8-21(2)34(20)26-15-13-22(14-16-26)19-33-28-12-4-3-9-24(28)18-27(30(33)35)23-10-6-11-25(17-23)29(31)32/h3-4,6,9-17,20-21,27H,5,7-8,18-19H2,1-2H3,(H3,31,32). The second kappa shape index (κ2) is 9.57. The van der Waals surface area contributed by atoms with E-state index in [2.05, 4.69) is 49.1 Å². The lowest BCUT2D eigenvalue weighted by molar-refractivity contribution is -0.120. The SMILES string of the molecule is CC1CCCC(C)N1c1ccc(CN2C(=O)C(c3cccc(C(=N)N)c3)Cc3ccccc32)cc1. The van der Waals surface area contributed by atoms with Gasteiger partial charge in [-0.1, -0.05) is 48.5 Å². The molecule has 0 radical (unpaired) electrons. The van der Waals surface area contributed by atoms with Crippen LogP contribution < -0.4 is 15.5 Å². The molecule has 3 atom stereocenters. The molecule has 1 fully saturated rings.